The van der Waals surface area contributed by atoms with Crippen molar-refractivity contribution in [3.8, 4) is 17.2 Å². The molecule has 2 rings (SSSR count). The predicted molar refractivity (Wildman–Crippen MR) is 84.4 cm³/mol. The van der Waals surface area contributed by atoms with Crippen LogP contribution in [0.1, 0.15) is 38.2 Å². The van der Waals surface area contributed by atoms with Gasteiger partial charge in [0.05, 0.1) is 21.3 Å². The zero-order valence-corrected chi connectivity index (χ0v) is 13.6. The number of rotatable bonds is 7. The molecule has 4 nitrogen and oxygen atoms in total. The van der Waals surface area contributed by atoms with Crippen molar-refractivity contribution in [2.24, 2.45) is 5.92 Å². The number of methoxy groups -OCH3 is 3. The van der Waals surface area contributed by atoms with E-state index in [2.05, 4.69) is 12.2 Å². The second-order valence-corrected chi connectivity index (χ2v) is 5.71. The molecule has 0 spiro atoms. The molecule has 1 aromatic rings. The molecule has 0 amide bonds. The lowest BCUT2D eigenvalue weighted by molar-refractivity contribution is 0.319. The Morgan fingerprint density at radius 1 is 1.05 bits per heavy atom. The summed E-state index contributed by atoms with van der Waals surface area (Å²) in [5.74, 6) is 2.91. The van der Waals surface area contributed by atoms with Gasteiger partial charge in [0.2, 0.25) is 5.75 Å². The van der Waals surface area contributed by atoms with E-state index in [1.165, 1.54) is 25.7 Å². The van der Waals surface area contributed by atoms with Crippen LogP contribution >= 0.6 is 0 Å². The Morgan fingerprint density at radius 3 is 2.29 bits per heavy atom. The highest BCUT2D eigenvalue weighted by molar-refractivity contribution is 5.55. The van der Waals surface area contributed by atoms with Crippen molar-refractivity contribution in [1.29, 1.82) is 0 Å². The van der Waals surface area contributed by atoms with Crippen molar-refractivity contribution < 1.29 is 14.2 Å². The van der Waals surface area contributed by atoms with Gasteiger partial charge in [-0.15, -0.1) is 0 Å². The molecule has 1 atom stereocenters. The summed E-state index contributed by atoms with van der Waals surface area (Å²) in [6, 6.07) is 4.50. The SMILES string of the molecule is COc1ccc(CN[C@@H](C)C2CCCC2)c(OC)c1OC. The van der Waals surface area contributed by atoms with Crippen molar-refractivity contribution in [2.75, 3.05) is 21.3 Å². The van der Waals surface area contributed by atoms with E-state index in [1.54, 1.807) is 21.3 Å². The number of benzene rings is 1. The standard InChI is InChI=1S/C17H27NO3/c1-12(13-7-5-6-8-13)18-11-14-9-10-15(19-2)17(21-4)16(14)20-3/h9-10,12-13,18H,5-8,11H2,1-4H3/t12-/m0/s1. The van der Waals surface area contributed by atoms with Crippen LogP contribution in [0.25, 0.3) is 0 Å². The second-order valence-electron chi connectivity index (χ2n) is 5.71. The molecule has 1 aromatic carbocycles. The van der Waals surface area contributed by atoms with Crippen LogP contribution in [0.5, 0.6) is 17.2 Å². The zero-order valence-electron chi connectivity index (χ0n) is 13.6. The first-order valence-electron chi connectivity index (χ1n) is 7.72. The summed E-state index contributed by atoms with van der Waals surface area (Å²) in [6.07, 6.45) is 5.43. The molecule has 1 N–H and O–H groups in total. The van der Waals surface area contributed by atoms with Gasteiger partial charge in [-0.25, -0.2) is 0 Å². The average molecular weight is 293 g/mol. The van der Waals surface area contributed by atoms with E-state index in [1.807, 2.05) is 12.1 Å². The quantitative estimate of drug-likeness (QED) is 0.836. The molecule has 21 heavy (non-hydrogen) atoms. The Bertz CT molecular complexity index is 456. The van der Waals surface area contributed by atoms with E-state index < -0.39 is 0 Å². The first-order chi connectivity index (χ1) is 10.2. The number of nitrogens with one attached hydrogen (secondary N) is 1. The van der Waals surface area contributed by atoms with Gasteiger partial charge in [-0.1, -0.05) is 18.9 Å². The van der Waals surface area contributed by atoms with Crippen LogP contribution in [-0.4, -0.2) is 27.4 Å². The Balaban J connectivity index is 2.08. The van der Waals surface area contributed by atoms with E-state index in [0.717, 1.165) is 23.8 Å². The van der Waals surface area contributed by atoms with Crippen molar-refractivity contribution in [3.05, 3.63) is 17.7 Å². The van der Waals surface area contributed by atoms with Gasteiger partial charge < -0.3 is 19.5 Å². The zero-order chi connectivity index (χ0) is 15.2. The van der Waals surface area contributed by atoms with Gasteiger partial charge >= 0.3 is 0 Å². The normalized spacial score (nSPS) is 16.8. The molecule has 1 fully saturated rings. The van der Waals surface area contributed by atoms with Crippen LogP contribution in [0, 0.1) is 5.92 Å². The molecule has 0 unspecified atom stereocenters. The lowest BCUT2D eigenvalue weighted by atomic mass is 9.99. The van der Waals surface area contributed by atoms with Gasteiger partial charge in [0.1, 0.15) is 0 Å². The highest BCUT2D eigenvalue weighted by Gasteiger charge is 2.22. The Kier molecular flexibility index (Phi) is 5.74. The fraction of sp³-hybridized carbons (Fsp3) is 0.647. The van der Waals surface area contributed by atoms with Crippen molar-refractivity contribution in [2.45, 2.75) is 45.2 Å². The average Bonchev–Trinajstić information content (AvgIpc) is 3.05. The van der Waals surface area contributed by atoms with Gasteiger partial charge in [-0.2, -0.15) is 0 Å². The fourth-order valence-electron chi connectivity index (χ4n) is 3.20. The summed E-state index contributed by atoms with van der Waals surface area (Å²) < 4.78 is 16.3. The monoisotopic (exact) mass is 293 g/mol. The molecule has 0 aliphatic heterocycles. The molecule has 1 saturated carbocycles. The molecule has 1 aliphatic rings. The van der Waals surface area contributed by atoms with Crippen molar-refractivity contribution >= 4 is 0 Å². The van der Waals surface area contributed by atoms with Crippen molar-refractivity contribution in [3.63, 3.8) is 0 Å². The van der Waals surface area contributed by atoms with Crippen LogP contribution < -0.4 is 19.5 Å². The topological polar surface area (TPSA) is 39.7 Å². The third kappa shape index (κ3) is 3.62. The maximum Gasteiger partial charge on any atom is 0.203 e. The number of ether oxygens (including phenoxy) is 3. The Labute approximate surface area is 127 Å². The summed E-state index contributed by atoms with van der Waals surface area (Å²) >= 11 is 0. The van der Waals surface area contributed by atoms with E-state index in [9.17, 15) is 0 Å². The van der Waals surface area contributed by atoms with E-state index >= 15 is 0 Å². The molecule has 0 aromatic heterocycles. The Hall–Kier alpha value is -1.42. The minimum atomic E-state index is 0.533. The minimum Gasteiger partial charge on any atom is -0.493 e. The molecule has 4 heteroatoms. The summed E-state index contributed by atoms with van der Waals surface area (Å²) in [5.41, 5.74) is 1.10. The molecule has 0 heterocycles. The van der Waals surface area contributed by atoms with E-state index in [4.69, 9.17) is 14.2 Å². The molecule has 0 saturated heterocycles. The lowest BCUT2D eigenvalue weighted by Crippen LogP contribution is -2.31. The van der Waals surface area contributed by atoms with E-state index in [-0.39, 0.29) is 0 Å². The third-order valence-corrected chi connectivity index (χ3v) is 4.51. The molecule has 0 bridgehead atoms. The first-order valence-corrected chi connectivity index (χ1v) is 7.72. The van der Waals surface area contributed by atoms with E-state index in [0.29, 0.717) is 17.5 Å². The summed E-state index contributed by atoms with van der Waals surface area (Å²) in [6.45, 7) is 3.06. The van der Waals surface area contributed by atoms with Gasteiger partial charge in [0, 0.05) is 18.2 Å². The maximum absolute atomic E-state index is 5.52. The van der Waals surface area contributed by atoms with Gasteiger partial charge in [0.15, 0.2) is 11.5 Å². The smallest absolute Gasteiger partial charge is 0.203 e. The highest BCUT2D eigenvalue weighted by Crippen LogP contribution is 2.39. The summed E-state index contributed by atoms with van der Waals surface area (Å²) in [7, 11) is 4.94. The minimum absolute atomic E-state index is 0.533. The van der Waals surface area contributed by atoms with Gasteiger partial charge in [-0.05, 0) is 31.7 Å². The van der Waals surface area contributed by atoms with Crippen molar-refractivity contribution in [1.82, 2.24) is 5.32 Å². The molecule has 118 valence electrons. The number of hydrogen-bond acceptors (Lipinski definition) is 4. The van der Waals surface area contributed by atoms with Crippen LogP contribution in [0.3, 0.4) is 0 Å². The molecular weight excluding hydrogens is 266 g/mol. The molecular formula is C17H27NO3. The maximum atomic E-state index is 5.52. The Morgan fingerprint density at radius 2 is 1.71 bits per heavy atom. The van der Waals surface area contributed by atoms with Crippen LogP contribution in [0.4, 0.5) is 0 Å². The largest absolute Gasteiger partial charge is 0.493 e. The summed E-state index contributed by atoms with van der Waals surface area (Å²) in [5, 5.41) is 3.63. The van der Waals surface area contributed by atoms with Gasteiger partial charge in [-0.3, -0.25) is 0 Å². The fourth-order valence-corrected chi connectivity index (χ4v) is 3.20. The highest BCUT2D eigenvalue weighted by atomic mass is 16.5. The van der Waals surface area contributed by atoms with Gasteiger partial charge in [0.25, 0.3) is 0 Å². The van der Waals surface area contributed by atoms with Crippen LogP contribution in [0.2, 0.25) is 0 Å². The lowest BCUT2D eigenvalue weighted by Gasteiger charge is -2.22. The number of hydrogen-bond donors (Lipinski definition) is 1. The predicted octanol–water partition coefficient (Wildman–Crippen LogP) is 3.38. The van der Waals surface area contributed by atoms with Crippen LogP contribution in [0.15, 0.2) is 12.1 Å². The second kappa shape index (κ2) is 7.55. The third-order valence-electron chi connectivity index (χ3n) is 4.51. The van der Waals surface area contributed by atoms with Crippen LogP contribution in [-0.2, 0) is 6.54 Å². The summed E-state index contributed by atoms with van der Waals surface area (Å²) in [4.78, 5) is 0. The first kappa shape index (κ1) is 16.0. The molecule has 1 aliphatic carbocycles. The molecule has 0 radical (unpaired) electrons.